The molecule has 0 aliphatic carbocycles. The van der Waals surface area contributed by atoms with E-state index in [9.17, 15) is 0 Å². The largest absolute Gasteiger partial charge is 0.368 e. The second kappa shape index (κ2) is 18.1. The number of aliphatic imine (C=N–C) groups is 4. The zero-order valence-corrected chi connectivity index (χ0v) is 38.7. The lowest BCUT2D eigenvalue weighted by atomic mass is 9.92. The summed E-state index contributed by atoms with van der Waals surface area (Å²) in [5.41, 5.74) is 24.5. The van der Waals surface area contributed by atoms with Crippen LogP contribution >= 0.6 is 0 Å². The Labute approximate surface area is 379 Å². The highest BCUT2D eigenvalue weighted by Crippen LogP contribution is 2.44. The van der Waals surface area contributed by atoms with E-state index in [1.54, 1.807) is 0 Å². The molecule has 0 unspecified atom stereocenters. The molecule has 0 amide bonds. The van der Waals surface area contributed by atoms with Crippen LogP contribution < -0.4 is 9.88 Å². The fourth-order valence-corrected chi connectivity index (χ4v) is 10.2. The van der Waals surface area contributed by atoms with E-state index in [2.05, 4.69) is 161 Å². The van der Waals surface area contributed by atoms with Crippen molar-refractivity contribution in [2.24, 2.45) is 20.0 Å². The molecule has 2 aromatic rings. The van der Waals surface area contributed by atoms with E-state index in [1.807, 2.05) is 24.8 Å². The van der Waals surface area contributed by atoms with Crippen LogP contribution in [0.4, 0.5) is 0 Å². The number of aromatic nitrogens is 2. The Kier molecular flexibility index (Phi) is 12.0. The predicted molar refractivity (Wildman–Crippen MR) is 265 cm³/mol. The molecule has 0 radical (unpaired) electrons. The number of rotatable bonds is 11. The number of hydrogen-bond acceptors (Lipinski definition) is 7. The second-order valence-corrected chi connectivity index (χ2v) is 16.5. The maximum Gasteiger partial charge on any atom is 0.262 e. The Morgan fingerprint density at radius 3 is 1.59 bits per heavy atom. The summed E-state index contributed by atoms with van der Waals surface area (Å²) in [6, 6.07) is 8.51. The molecule has 9 heterocycles. The number of nitrogens with one attached hydrogen (secondary N) is 1. The van der Waals surface area contributed by atoms with E-state index in [0.717, 1.165) is 131 Å². The van der Waals surface area contributed by atoms with E-state index in [4.69, 9.17) is 20.0 Å². The van der Waals surface area contributed by atoms with Gasteiger partial charge in [-0.05, 0) is 167 Å². The first kappa shape index (κ1) is 42.5. The number of pyridine rings is 2. The third-order valence-electron chi connectivity index (χ3n) is 13.3. The van der Waals surface area contributed by atoms with Gasteiger partial charge in [0.1, 0.15) is 11.4 Å². The molecule has 2 aromatic heterocycles. The van der Waals surface area contributed by atoms with E-state index < -0.39 is 0 Å². The van der Waals surface area contributed by atoms with Crippen LogP contribution in [0.2, 0.25) is 0 Å². The van der Waals surface area contributed by atoms with Crippen LogP contribution in [0.15, 0.2) is 214 Å². The summed E-state index contributed by atoms with van der Waals surface area (Å²) in [6.07, 6.45) is 36.3. The normalized spacial score (nSPS) is 19.4. The summed E-state index contributed by atoms with van der Waals surface area (Å²) in [5.74, 6) is 0. The van der Waals surface area contributed by atoms with Gasteiger partial charge in [0, 0.05) is 49.3 Å². The summed E-state index contributed by atoms with van der Waals surface area (Å²) in [4.78, 5) is 29.3. The van der Waals surface area contributed by atoms with E-state index in [0.29, 0.717) is 0 Å². The molecule has 0 spiro atoms. The first-order valence-electron chi connectivity index (χ1n) is 23.5. The van der Waals surface area contributed by atoms with Crippen molar-refractivity contribution < 1.29 is 4.57 Å². The molecule has 0 atom stereocenters. The minimum atomic E-state index is 0.808. The molecule has 8 nitrogen and oxygen atoms in total. The first-order valence-corrected chi connectivity index (χ1v) is 23.5. The van der Waals surface area contributed by atoms with Gasteiger partial charge in [-0.1, -0.05) is 55.4 Å². The van der Waals surface area contributed by atoms with Crippen LogP contribution in [-0.4, -0.2) is 32.7 Å². The van der Waals surface area contributed by atoms with Gasteiger partial charge in [-0.2, -0.15) is 4.57 Å². The van der Waals surface area contributed by atoms with Gasteiger partial charge < -0.3 is 10.2 Å². The molecule has 9 rings (SSSR count). The molecule has 0 saturated heterocycles. The van der Waals surface area contributed by atoms with Crippen LogP contribution in [-0.2, 0) is 0 Å². The smallest absolute Gasteiger partial charge is 0.262 e. The van der Waals surface area contributed by atoms with Crippen LogP contribution in [0, 0.1) is 0 Å². The lowest BCUT2D eigenvalue weighted by Gasteiger charge is -2.26. The van der Waals surface area contributed by atoms with Crippen molar-refractivity contribution in [1.82, 2.24) is 15.2 Å². The quantitative estimate of drug-likeness (QED) is 0.229. The van der Waals surface area contributed by atoms with Gasteiger partial charge in [0.2, 0.25) is 0 Å². The maximum absolute atomic E-state index is 5.91. The molecule has 7 aliphatic heterocycles. The summed E-state index contributed by atoms with van der Waals surface area (Å²) >= 11 is 0. The average molecular weight is 844 g/mol. The van der Waals surface area contributed by atoms with E-state index in [1.165, 1.54) is 44.6 Å². The molecule has 8 bridgehead atoms. The molecular weight excluding hydrogens is 785 g/mol. The topological polar surface area (TPSA) is 81.5 Å². The fourth-order valence-electron chi connectivity index (χ4n) is 10.2. The molecular formula is C56H59N8+. The van der Waals surface area contributed by atoms with Crippen molar-refractivity contribution in [3.8, 4) is 11.1 Å². The van der Waals surface area contributed by atoms with Crippen molar-refractivity contribution in [2.45, 2.75) is 107 Å². The lowest BCUT2D eigenvalue weighted by Crippen LogP contribution is -2.37. The average Bonchev–Trinajstić information content (AvgIpc) is 4.09. The summed E-state index contributed by atoms with van der Waals surface area (Å²) in [5, 5.41) is 3.17. The van der Waals surface area contributed by atoms with Crippen molar-refractivity contribution in [3.63, 3.8) is 0 Å². The zero-order chi connectivity index (χ0) is 44.5. The third-order valence-corrected chi connectivity index (χ3v) is 13.3. The van der Waals surface area contributed by atoms with Crippen molar-refractivity contribution in [3.05, 3.63) is 195 Å². The molecule has 0 fully saturated rings. The predicted octanol–water partition coefficient (Wildman–Crippen LogP) is 12.8. The molecule has 322 valence electrons. The zero-order valence-electron chi connectivity index (χ0n) is 38.7. The Morgan fingerprint density at radius 1 is 0.484 bits per heavy atom. The van der Waals surface area contributed by atoms with Crippen LogP contribution in [0.1, 0.15) is 107 Å². The number of dihydropyridines is 1. The van der Waals surface area contributed by atoms with Crippen LogP contribution in [0.5, 0.6) is 0 Å². The molecule has 7 aliphatic rings. The van der Waals surface area contributed by atoms with Gasteiger partial charge >= 0.3 is 0 Å². The Balaban J connectivity index is 1.40. The van der Waals surface area contributed by atoms with Crippen molar-refractivity contribution in [2.75, 3.05) is 0 Å². The number of allylic oxidation sites excluding steroid dienone is 17. The lowest BCUT2D eigenvalue weighted by molar-refractivity contribution is -0.576. The standard InChI is InChI=1S/C56H59N8/c1-9-39-40(10-2)48-34-50-42(12-4)44(14-6)52(61-50)56(64-31-23-38(24-32-64)36-19-27-58-28-20-36)54-46(16-8)45(15-7)53(62-54)55(63-29-21-37(22-30-63)35-17-25-57-26-18-35)51-43(13-5)41(11-3)49(60-51)33-47(39)59-48/h17-34,57H,9-16H2,1-8H3/q+1. The molecule has 1 N–H and O–H groups in total. The SMILES string of the molecule is CCC1=C(CC)C2=NC1=CC1=NC(=C([n+]3ccc(-c4ccncc4)cc3)C3=NC(=C(N4C=CC(=C5C=CNC=C5)C=C4)C4=NC(=C2)C(CC)=C4CC)C(CC)=C3CC)C(CC)=C1CC. The minimum absolute atomic E-state index is 0.808. The Morgan fingerprint density at radius 2 is 0.984 bits per heavy atom. The summed E-state index contributed by atoms with van der Waals surface area (Å²) in [6.45, 7) is 18.1. The number of nitrogens with zero attached hydrogens (tertiary/aromatic N) is 7. The number of fused-ring (bicyclic) bond motifs is 4. The maximum atomic E-state index is 5.91. The van der Waals surface area contributed by atoms with Gasteiger partial charge in [0.05, 0.1) is 39.9 Å². The first-order chi connectivity index (χ1) is 31.4. The van der Waals surface area contributed by atoms with Crippen molar-refractivity contribution in [1.29, 1.82) is 0 Å². The van der Waals surface area contributed by atoms with Crippen LogP contribution in [0.3, 0.4) is 0 Å². The van der Waals surface area contributed by atoms with Gasteiger partial charge in [-0.3, -0.25) is 4.98 Å². The highest BCUT2D eigenvalue weighted by atomic mass is 15.1. The monoisotopic (exact) mass is 843 g/mol. The summed E-state index contributed by atoms with van der Waals surface area (Å²) < 4.78 is 2.26. The second-order valence-electron chi connectivity index (χ2n) is 16.5. The third kappa shape index (κ3) is 7.28. The molecule has 64 heavy (non-hydrogen) atoms. The highest BCUT2D eigenvalue weighted by molar-refractivity contribution is 6.30. The fraction of sp³-hybridized carbons (Fsp3) is 0.286. The molecule has 0 aromatic carbocycles. The summed E-state index contributed by atoms with van der Waals surface area (Å²) in [7, 11) is 0. The Bertz CT molecular complexity index is 2850. The van der Waals surface area contributed by atoms with E-state index in [-0.39, 0.29) is 0 Å². The van der Waals surface area contributed by atoms with Gasteiger partial charge in [-0.15, -0.1) is 0 Å². The highest BCUT2D eigenvalue weighted by Gasteiger charge is 2.39. The van der Waals surface area contributed by atoms with Crippen LogP contribution in [0.25, 0.3) is 16.8 Å². The molecule has 0 saturated carbocycles. The number of hydrogen-bond donors (Lipinski definition) is 1. The van der Waals surface area contributed by atoms with E-state index >= 15 is 0 Å². The van der Waals surface area contributed by atoms with Gasteiger partial charge in [0.15, 0.2) is 12.4 Å². The van der Waals surface area contributed by atoms with Gasteiger partial charge in [-0.25, -0.2) is 20.0 Å². The Hall–Kier alpha value is -6.80. The molecule has 8 heteroatoms. The van der Waals surface area contributed by atoms with Crippen molar-refractivity contribution >= 4 is 28.5 Å². The van der Waals surface area contributed by atoms with Gasteiger partial charge in [0.25, 0.3) is 5.70 Å². The minimum Gasteiger partial charge on any atom is -0.368 e.